The summed E-state index contributed by atoms with van der Waals surface area (Å²) in [5.41, 5.74) is 6.37. The van der Waals surface area contributed by atoms with Crippen LogP contribution in [0.2, 0.25) is 0 Å². The van der Waals surface area contributed by atoms with E-state index in [2.05, 4.69) is 4.90 Å². The third kappa shape index (κ3) is 3.95. The Morgan fingerprint density at radius 1 is 1.29 bits per heavy atom. The smallest absolute Gasteiger partial charge is 0.266 e. The van der Waals surface area contributed by atoms with Gasteiger partial charge in [0.15, 0.2) is 0 Å². The maximum atomic E-state index is 12.4. The molecule has 2 rings (SSSR count). The molecule has 2 heterocycles. The molecule has 1 aliphatic heterocycles. The summed E-state index contributed by atoms with van der Waals surface area (Å²) < 4.78 is 0. The average Bonchev–Trinajstić information content (AvgIpc) is 2.73. The fraction of sp³-hybridized carbons (Fsp3) is 0.571. The van der Waals surface area contributed by atoms with E-state index in [1.807, 2.05) is 10.3 Å². The maximum absolute atomic E-state index is 12.4. The Balaban J connectivity index is 1.93. The van der Waals surface area contributed by atoms with Gasteiger partial charge < -0.3 is 15.5 Å². The number of thiophene rings is 1. The Bertz CT molecular complexity index is 515. The summed E-state index contributed by atoms with van der Waals surface area (Å²) in [6.45, 7) is 3.32. The number of carbonyl (C=O) groups excluding carboxylic acids is 2. The molecule has 2 N–H and O–H groups in total. The molecule has 0 atom stereocenters. The number of nitrogens with zero attached hydrogens (tertiary/aromatic N) is 3. The van der Waals surface area contributed by atoms with Crippen molar-refractivity contribution in [1.82, 2.24) is 14.7 Å². The van der Waals surface area contributed by atoms with Crippen LogP contribution < -0.4 is 5.73 Å². The van der Waals surface area contributed by atoms with Crippen molar-refractivity contribution in [3.8, 4) is 0 Å². The summed E-state index contributed by atoms with van der Waals surface area (Å²) in [6.07, 6.45) is 0.873. The second-order valence-corrected chi connectivity index (χ2v) is 6.33. The van der Waals surface area contributed by atoms with Gasteiger partial charge in [0, 0.05) is 40.3 Å². The number of hydrogen-bond acceptors (Lipinski definition) is 5. The maximum Gasteiger partial charge on any atom is 0.266 e. The van der Waals surface area contributed by atoms with Crippen LogP contribution in [0.15, 0.2) is 11.4 Å². The highest BCUT2D eigenvalue weighted by atomic mass is 32.1. The third-order valence-electron chi connectivity index (χ3n) is 3.62. The fourth-order valence-corrected chi connectivity index (χ4v) is 3.09. The standard InChI is InChI=1S/C14H22N4O2S/c1-16(2)12(19)10-17-5-3-6-18(8-7-17)14(20)13-11(15)4-9-21-13/h4,9H,3,5-8,10,15H2,1-2H3. The van der Waals surface area contributed by atoms with Gasteiger partial charge in [-0.2, -0.15) is 0 Å². The molecule has 6 nitrogen and oxygen atoms in total. The summed E-state index contributed by atoms with van der Waals surface area (Å²) in [5, 5.41) is 1.84. The zero-order chi connectivity index (χ0) is 15.4. The van der Waals surface area contributed by atoms with Gasteiger partial charge in [-0.3, -0.25) is 14.5 Å². The van der Waals surface area contributed by atoms with Crippen LogP contribution in [0.4, 0.5) is 5.69 Å². The van der Waals surface area contributed by atoms with E-state index in [1.165, 1.54) is 11.3 Å². The van der Waals surface area contributed by atoms with Crippen molar-refractivity contribution in [3.05, 3.63) is 16.3 Å². The van der Waals surface area contributed by atoms with Gasteiger partial charge in [-0.1, -0.05) is 0 Å². The summed E-state index contributed by atoms with van der Waals surface area (Å²) in [7, 11) is 3.52. The highest BCUT2D eigenvalue weighted by molar-refractivity contribution is 7.12. The predicted molar refractivity (Wildman–Crippen MR) is 84.4 cm³/mol. The minimum atomic E-state index is 0.00304. The van der Waals surface area contributed by atoms with Crippen LogP contribution in [0.25, 0.3) is 0 Å². The van der Waals surface area contributed by atoms with Crippen LogP contribution in [-0.2, 0) is 4.79 Å². The van der Waals surface area contributed by atoms with Crippen LogP contribution in [0.5, 0.6) is 0 Å². The van der Waals surface area contributed by atoms with Gasteiger partial charge in [-0.15, -0.1) is 11.3 Å². The third-order valence-corrected chi connectivity index (χ3v) is 4.54. The molecule has 2 amide bonds. The monoisotopic (exact) mass is 310 g/mol. The van der Waals surface area contributed by atoms with Crippen LogP contribution in [-0.4, -0.2) is 73.3 Å². The van der Waals surface area contributed by atoms with Gasteiger partial charge in [0.1, 0.15) is 4.88 Å². The Labute approximate surface area is 129 Å². The first-order valence-electron chi connectivity index (χ1n) is 7.04. The molecular formula is C14H22N4O2S. The highest BCUT2D eigenvalue weighted by Gasteiger charge is 2.23. The highest BCUT2D eigenvalue weighted by Crippen LogP contribution is 2.21. The molecule has 7 heteroatoms. The van der Waals surface area contributed by atoms with Crippen molar-refractivity contribution < 1.29 is 9.59 Å². The van der Waals surface area contributed by atoms with E-state index in [1.54, 1.807) is 25.1 Å². The molecule has 1 fully saturated rings. The average molecular weight is 310 g/mol. The normalized spacial score (nSPS) is 16.6. The van der Waals surface area contributed by atoms with E-state index in [-0.39, 0.29) is 11.8 Å². The summed E-state index contributed by atoms with van der Waals surface area (Å²) in [6, 6.07) is 1.76. The van der Waals surface area contributed by atoms with Crippen LogP contribution in [0.1, 0.15) is 16.1 Å². The van der Waals surface area contributed by atoms with Crippen molar-refractivity contribution in [2.45, 2.75) is 6.42 Å². The number of hydrogen-bond donors (Lipinski definition) is 1. The second kappa shape index (κ2) is 6.91. The molecule has 0 spiro atoms. The summed E-state index contributed by atoms with van der Waals surface area (Å²) >= 11 is 1.38. The molecule has 0 bridgehead atoms. The topological polar surface area (TPSA) is 69.9 Å². The van der Waals surface area contributed by atoms with Crippen molar-refractivity contribution in [1.29, 1.82) is 0 Å². The van der Waals surface area contributed by atoms with Crippen LogP contribution in [0, 0.1) is 0 Å². The van der Waals surface area contributed by atoms with Crippen molar-refractivity contribution in [2.24, 2.45) is 0 Å². The van der Waals surface area contributed by atoms with Crippen molar-refractivity contribution >= 4 is 28.8 Å². The number of amides is 2. The number of carbonyl (C=O) groups is 2. The molecule has 0 unspecified atom stereocenters. The first kappa shape index (κ1) is 15.8. The van der Waals surface area contributed by atoms with E-state index in [9.17, 15) is 9.59 Å². The number of rotatable bonds is 3. The lowest BCUT2D eigenvalue weighted by molar-refractivity contribution is -0.129. The molecule has 21 heavy (non-hydrogen) atoms. The predicted octanol–water partition coefficient (Wildman–Crippen LogP) is 0.566. The first-order valence-corrected chi connectivity index (χ1v) is 7.91. The lowest BCUT2D eigenvalue weighted by Crippen LogP contribution is -2.39. The van der Waals surface area contributed by atoms with Crippen LogP contribution in [0.3, 0.4) is 0 Å². The summed E-state index contributed by atoms with van der Waals surface area (Å²) in [4.78, 5) is 30.3. The molecule has 0 radical (unpaired) electrons. The van der Waals surface area contributed by atoms with E-state index in [0.717, 1.165) is 19.5 Å². The molecule has 0 saturated carbocycles. The zero-order valence-electron chi connectivity index (χ0n) is 12.5. The van der Waals surface area contributed by atoms with Gasteiger partial charge in [-0.25, -0.2) is 0 Å². The quantitative estimate of drug-likeness (QED) is 0.886. The van der Waals surface area contributed by atoms with Gasteiger partial charge in [0.2, 0.25) is 5.91 Å². The van der Waals surface area contributed by atoms with Crippen molar-refractivity contribution in [3.63, 3.8) is 0 Å². The molecule has 1 saturated heterocycles. The molecule has 1 aliphatic rings. The van der Waals surface area contributed by atoms with Gasteiger partial charge in [0.25, 0.3) is 5.91 Å². The minimum Gasteiger partial charge on any atom is -0.397 e. The number of likely N-dealkylation sites (N-methyl/N-ethyl adjacent to an activating group) is 1. The molecular weight excluding hydrogens is 288 g/mol. The Morgan fingerprint density at radius 3 is 2.67 bits per heavy atom. The van der Waals surface area contributed by atoms with E-state index in [4.69, 9.17) is 5.73 Å². The van der Waals surface area contributed by atoms with Crippen LogP contribution >= 0.6 is 11.3 Å². The van der Waals surface area contributed by atoms with Gasteiger partial charge in [0.05, 0.1) is 12.2 Å². The second-order valence-electron chi connectivity index (χ2n) is 5.42. The number of anilines is 1. The fourth-order valence-electron chi connectivity index (χ4n) is 2.30. The number of nitrogens with two attached hydrogens (primary N) is 1. The molecule has 0 aliphatic carbocycles. The van der Waals surface area contributed by atoms with Crippen molar-refractivity contribution in [2.75, 3.05) is 52.6 Å². The Hall–Kier alpha value is -1.60. The lowest BCUT2D eigenvalue weighted by atomic mass is 10.3. The molecule has 1 aromatic rings. The van der Waals surface area contributed by atoms with E-state index in [0.29, 0.717) is 30.2 Å². The summed E-state index contributed by atoms with van der Waals surface area (Å²) in [5.74, 6) is 0.0977. The minimum absolute atomic E-state index is 0.00304. The molecule has 116 valence electrons. The SMILES string of the molecule is CN(C)C(=O)CN1CCCN(C(=O)c2sccc2N)CC1. The largest absolute Gasteiger partial charge is 0.397 e. The zero-order valence-corrected chi connectivity index (χ0v) is 13.4. The van der Waals surface area contributed by atoms with E-state index >= 15 is 0 Å². The number of nitrogen functional groups attached to an aromatic ring is 1. The molecule has 1 aromatic heterocycles. The van der Waals surface area contributed by atoms with E-state index < -0.39 is 0 Å². The van der Waals surface area contributed by atoms with Gasteiger partial charge in [-0.05, 0) is 17.9 Å². The first-order chi connectivity index (χ1) is 9.99. The Morgan fingerprint density at radius 2 is 2.05 bits per heavy atom. The lowest BCUT2D eigenvalue weighted by Gasteiger charge is -2.22. The molecule has 0 aromatic carbocycles. The van der Waals surface area contributed by atoms with Gasteiger partial charge >= 0.3 is 0 Å². The Kier molecular flexibility index (Phi) is 5.19.